The number of hydrogen-bond acceptors (Lipinski definition) is 10. The van der Waals surface area contributed by atoms with Gasteiger partial charge in [0.25, 0.3) is 0 Å². The van der Waals surface area contributed by atoms with E-state index in [2.05, 4.69) is 15.3 Å². The summed E-state index contributed by atoms with van der Waals surface area (Å²) in [6.07, 6.45) is -4.89. The molecule has 1 aliphatic rings. The number of nitrogens with one attached hydrogen (secondary N) is 2. The van der Waals surface area contributed by atoms with E-state index in [0.29, 0.717) is 13.0 Å². The maximum Gasteiger partial charge on any atom is 0.341 e. The Morgan fingerprint density at radius 2 is 1.97 bits per heavy atom. The molecule has 1 unspecified atom stereocenters. The fourth-order valence-corrected chi connectivity index (χ4v) is 3.58. The normalized spacial score (nSPS) is 20.3. The Kier molecular flexibility index (Phi) is 7.38. The van der Waals surface area contributed by atoms with Gasteiger partial charge >= 0.3 is 5.97 Å². The number of carboxylic acids is 1. The molecule has 32 heavy (non-hydrogen) atoms. The van der Waals surface area contributed by atoms with Crippen LogP contribution in [-0.2, 0) is 0 Å². The van der Waals surface area contributed by atoms with E-state index >= 15 is 0 Å². The first-order valence-electron chi connectivity index (χ1n) is 9.90. The monoisotopic (exact) mass is 456 g/mol. The molecule has 0 saturated carbocycles. The summed E-state index contributed by atoms with van der Waals surface area (Å²) < 4.78 is 14.7. The van der Waals surface area contributed by atoms with Crippen molar-refractivity contribution < 1.29 is 39.8 Å². The number of carboxylic acid groups (broad SMARTS) is 1. The molecular formula is C19H25FN4O8. The molecule has 0 aromatic carbocycles. The van der Waals surface area contributed by atoms with Crippen molar-refractivity contribution in [2.45, 2.75) is 36.9 Å². The number of pyridine rings is 2. The van der Waals surface area contributed by atoms with Crippen molar-refractivity contribution in [1.29, 1.82) is 0 Å². The minimum Gasteiger partial charge on any atom is -0.477 e. The molecule has 5 atom stereocenters. The van der Waals surface area contributed by atoms with Crippen LogP contribution in [0.3, 0.4) is 0 Å². The van der Waals surface area contributed by atoms with Gasteiger partial charge in [0, 0.05) is 31.9 Å². The van der Waals surface area contributed by atoms with Crippen LogP contribution in [0.15, 0.2) is 17.1 Å². The Labute approximate surface area is 180 Å². The number of aromatic carboxylic acids is 1. The first kappa shape index (κ1) is 24.0. The maximum absolute atomic E-state index is 14.7. The number of rotatable bonds is 9. The number of aliphatic hydroxyl groups excluding tert-OH is 5. The van der Waals surface area contributed by atoms with Crippen LogP contribution in [0, 0.1) is 5.82 Å². The number of hydrogen-bond donors (Lipinski definition) is 8. The highest BCUT2D eigenvalue weighted by atomic mass is 19.1. The van der Waals surface area contributed by atoms with Gasteiger partial charge in [-0.05, 0) is 12.5 Å². The number of nitrogens with zero attached hydrogens (tertiary/aromatic N) is 2. The lowest BCUT2D eigenvalue weighted by Gasteiger charge is -2.26. The molecule has 176 valence electrons. The van der Waals surface area contributed by atoms with Gasteiger partial charge < -0.3 is 45.8 Å². The highest BCUT2D eigenvalue weighted by molar-refractivity contribution is 5.91. The average molecular weight is 456 g/mol. The molecule has 2 aromatic rings. The van der Waals surface area contributed by atoms with Gasteiger partial charge in [-0.15, -0.1) is 0 Å². The van der Waals surface area contributed by atoms with Gasteiger partial charge in [-0.2, -0.15) is 0 Å². The van der Waals surface area contributed by atoms with Crippen molar-refractivity contribution in [3.63, 3.8) is 0 Å². The zero-order valence-corrected chi connectivity index (χ0v) is 16.8. The van der Waals surface area contributed by atoms with Gasteiger partial charge in [-0.3, -0.25) is 4.79 Å². The number of aromatic amines is 1. The molecule has 1 fully saturated rings. The van der Waals surface area contributed by atoms with Gasteiger partial charge in [0.1, 0.15) is 29.5 Å². The van der Waals surface area contributed by atoms with E-state index in [0.717, 1.165) is 12.3 Å². The van der Waals surface area contributed by atoms with Crippen LogP contribution in [0.2, 0.25) is 0 Å². The predicted molar refractivity (Wildman–Crippen MR) is 109 cm³/mol. The third-order valence-corrected chi connectivity index (χ3v) is 5.46. The van der Waals surface area contributed by atoms with Crippen LogP contribution in [0.4, 0.5) is 10.2 Å². The first-order valence-corrected chi connectivity index (χ1v) is 9.90. The minimum atomic E-state index is -1.73. The van der Waals surface area contributed by atoms with Gasteiger partial charge in [0.05, 0.1) is 18.1 Å². The van der Waals surface area contributed by atoms with E-state index in [1.807, 2.05) is 0 Å². The van der Waals surface area contributed by atoms with Gasteiger partial charge in [-0.25, -0.2) is 14.2 Å². The lowest BCUT2D eigenvalue weighted by Crippen LogP contribution is -2.50. The van der Waals surface area contributed by atoms with Crippen LogP contribution < -0.4 is 15.6 Å². The third-order valence-electron chi connectivity index (χ3n) is 5.46. The molecule has 13 heteroatoms. The molecule has 0 spiro atoms. The summed E-state index contributed by atoms with van der Waals surface area (Å²) in [5.41, 5.74) is -1.32. The minimum absolute atomic E-state index is 0.0254. The van der Waals surface area contributed by atoms with Crippen LogP contribution in [0.5, 0.6) is 0 Å². The predicted octanol–water partition coefficient (Wildman–Crippen LogP) is -2.64. The fraction of sp³-hybridized carbons (Fsp3) is 0.526. The summed E-state index contributed by atoms with van der Waals surface area (Å²) in [5, 5.41) is 59.5. The Bertz CT molecular complexity index is 1030. The molecule has 0 bridgehead atoms. The zero-order chi connectivity index (χ0) is 23.6. The lowest BCUT2D eigenvalue weighted by molar-refractivity contribution is -0.114. The summed E-state index contributed by atoms with van der Waals surface area (Å²) in [7, 11) is 0. The second-order valence-corrected chi connectivity index (χ2v) is 7.66. The molecule has 0 radical (unpaired) electrons. The zero-order valence-electron chi connectivity index (χ0n) is 16.8. The number of anilines is 1. The number of fused-ring (bicyclic) bond motifs is 1. The van der Waals surface area contributed by atoms with E-state index in [9.17, 15) is 34.4 Å². The molecule has 2 aromatic heterocycles. The van der Waals surface area contributed by atoms with Crippen molar-refractivity contribution in [3.05, 3.63) is 33.9 Å². The molecule has 12 nitrogen and oxygen atoms in total. The van der Waals surface area contributed by atoms with Crippen LogP contribution in [0.25, 0.3) is 11.0 Å². The van der Waals surface area contributed by atoms with E-state index < -0.39 is 53.8 Å². The highest BCUT2D eigenvalue weighted by Crippen LogP contribution is 2.24. The van der Waals surface area contributed by atoms with Gasteiger partial charge in [0.2, 0.25) is 5.43 Å². The van der Waals surface area contributed by atoms with E-state index in [-0.39, 0.29) is 36.0 Å². The Morgan fingerprint density at radius 3 is 2.62 bits per heavy atom. The van der Waals surface area contributed by atoms with Crippen molar-refractivity contribution >= 4 is 22.8 Å². The fourth-order valence-electron chi connectivity index (χ4n) is 3.58. The summed E-state index contributed by atoms with van der Waals surface area (Å²) in [6.45, 7) is -0.219. The number of aromatic nitrogens is 2. The summed E-state index contributed by atoms with van der Waals surface area (Å²) >= 11 is 0. The molecule has 8 N–H and O–H groups in total. The number of H-pyrrole nitrogens is 1. The standard InChI is InChI=1S/C19H25FN4O8/c20-11-3-9-14(28)10(19(31)32)4-22-17(9)23-18(11)24-2-1-8(6-24)21-5-12(26)15(29)16(30)13(27)7-25/h3-4,8,12-13,15-16,21,25-27,29-30H,1-2,5-7H2,(H,31,32)(H,22,23,28)/t8?,12-,13+,15+,16-/m0/s1. The van der Waals surface area contributed by atoms with Crippen LogP contribution in [-0.4, -0.2) is 103 Å². The Hall–Kier alpha value is -2.68. The maximum atomic E-state index is 14.7. The van der Waals surface area contributed by atoms with Crippen LogP contribution >= 0.6 is 0 Å². The molecule has 3 rings (SSSR count). The summed E-state index contributed by atoms with van der Waals surface area (Å²) in [6, 6.07) is 0.722. The summed E-state index contributed by atoms with van der Waals surface area (Å²) in [5.74, 6) is -2.25. The van der Waals surface area contributed by atoms with Crippen molar-refractivity contribution in [1.82, 2.24) is 15.3 Å². The Balaban J connectivity index is 1.66. The molecule has 1 aliphatic heterocycles. The summed E-state index contributed by atoms with van der Waals surface area (Å²) in [4.78, 5) is 31.6. The molecule has 0 aliphatic carbocycles. The smallest absolute Gasteiger partial charge is 0.341 e. The second-order valence-electron chi connectivity index (χ2n) is 7.66. The van der Waals surface area contributed by atoms with Gasteiger partial charge in [-0.1, -0.05) is 0 Å². The molecular weight excluding hydrogens is 431 g/mol. The molecule has 0 amide bonds. The molecule has 1 saturated heterocycles. The van der Waals surface area contributed by atoms with E-state index in [1.54, 1.807) is 4.90 Å². The average Bonchev–Trinajstić information content (AvgIpc) is 3.24. The topological polar surface area (TPSA) is 199 Å². The highest BCUT2D eigenvalue weighted by Gasteiger charge is 2.32. The number of halogens is 1. The molecule has 3 heterocycles. The third kappa shape index (κ3) is 4.87. The van der Waals surface area contributed by atoms with Crippen molar-refractivity contribution in [2.75, 3.05) is 31.1 Å². The SMILES string of the molecule is O=C(O)c1c[nH]c2nc(N3CCC(NC[C@H](O)[C@@H](O)[C@@H](O)[C@H](O)CO)C3)c(F)cc2c1=O. The Morgan fingerprint density at radius 1 is 1.28 bits per heavy atom. The van der Waals surface area contributed by atoms with Crippen molar-refractivity contribution in [3.8, 4) is 0 Å². The van der Waals surface area contributed by atoms with Crippen LogP contribution in [0.1, 0.15) is 16.8 Å². The largest absolute Gasteiger partial charge is 0.477 e. The second kappa shape index (κ2) is 9.85. The van der Waals surface area contributed by atoms with E-state index in [4.69, 9.17) is 10.2 Å². The quantitative estimate of drug-likeness (QED) is 0.196. The first-order chi connectivity index (χ1) is 15.1. The van der Waals surface area contributed by atoms with Crippen molar-refractivity contribution in [2.24, 2.45) is 0 Å². The number of aliphatic hydroxyl groups is 5. The lowest BCUT2D eigenvalue weighted by atomic mass is 10.0. The van der Waals surface area contributed by atoms with Gasteiger partial charge in [0.15, 0.2) is 11.6 Å². The van der Waals surface area contributed by atoms with E-state index in [1.165, 1.54) is 0 Å². The number of carbonyl (C=O) groups is 1.